The molecule has 1 aliphatic rings. The van der Waals surface area contributed by atoms with E-state index in [0.717, 1.165) is 19.0 Å². The average molecular weight is 197 g/mol. The molecular weight excluding hydrogens is 174 g/mol. The van der Waals surface area contributed by atoms with Gasteiger partial charge in [0.15, 0.2) is 0 Å². The molecule has 0 spiro atoms. The van der Waals surface area contributed by atoms with Gasteiger partial charge < -0.3 is 4.90 Å². The summed E-state index contributed by atoms with van der Waals surface area (Å²) in [4.78, 5) is 13.1. The Hall–Kier alpha value is -0.530. The highest BCUT2D eigenvalue weighted by Gasteiger charge is 2.19. The summed E-state index contributed by atoms with van der Waals surface area (Å²) in [6.45, 7) is 5.91. The molecule has 2 heteroatoms. The second kappa shape index (κ2) is 6.05. The van der Waals surface area contributed by atoms with Gasteiger partial charge in [0.25, 0.3) is 0 Å². The summed E-state index contributed by atoms with van der Waals surface area (Å²) in [5.41, 5.74) is 0. The average Bonchev–Trinajstić information content (AvgIpc) is 2.19. The number of hydrogen-bond acceptors (Lipinski definition) is 1. The van der Waals surface area contributed by atoms with Gasteiger partial charge in [0.05, 0.1) is 0 Å². The minimum Gasteiger partial charge on any atom is -0.343 e. The first-order chi connectivity index (χ1) is 6.74. The van der Waals surface area contributed by atoms with E-state index >= 15 is 0 Å². The quantitative estimate of drug-likeness (QED) is 0.635. The van der Waals surface area contributed by atoms with Gasteiger partial charge in [0.1, 0.15) is 0 Å². The van der Waals surface area contributed by atoms with E-state index in [1.54, 1.807) is 6.92 Å². The molecule has 2 nitrogen and oxygen atoms in total. The van der Waals surface area contributed by atoms with Crippen molar-refractivity contribution >= 4 is 5.91 Å². The molecule has 0 aliphatic carbocycles. The van der Waals surface area contributed by atoms with Crippen LogP contribution < -0.4 is 0 Å². The lowest BCUT2D eigenvalue weighted by molar-refractivity contribution is -0.130. The van der Waals surface area contributed by atoms with E-state index in [-0.39, 0.29) is 5.91 Å². The number of amides is 1. The van der Waals surface area contributed by atoms with Crippen molar-refractivity contribution in [3.05, 3.63) is 0 Å². The van der Waals surface area contributed by atoms with Gasteiger partial charge in [-0.3, -0.25) is 4.79 Å². The molecular formula is C12H23NO. The first-order valence-corrected chi connectivity index (χ1v) is 5.99. The lowest BCUT2D eigenvalue weighted by Gasteiger charge is -2.31. The van der Waals surface area contributed by atoms with Crippen LogP contribution in [0.1, 0.15) is 52.4 Å². The Balaban J connectivity index is 2.12. The normalized spacial score (nSPS) is 18.6. The first kappa shape index (κ1) is 11.5. The van der Waals surface area contributed by atoms with E-state index in [0.29, 0.717) is 0 Å². The molecule has 0 atom stereocenters. The van der Waals surface area contributed by atoms with E-state index in [2.05, 4.69) is 6.92 Å². The fourth-order valence-corrected chi connectivity index (χ4v) is 2.22. The van der Waals surface area contributed by atoms with Crippen molar-refractivity contribution in [1.29, 1.82) is 0 Å². The van der Waals surface area contributed by atoms with Crippen LogP contribution in [0.2, 0.25) is 0 Å². The van der Waals surface area contributed by atoms with Gasteiger partial charge in [-0.1, -0.05) is 32.6 Å². The molecule has 1 fully saturated rings. The van der Waals surface area contributed by atoms with Crippen LogP contribution in [-0.2, 0) is 4.79 Å². The molecule has 1 amide bonds. The largest absolute Gasteiger partial charge is 0.343 e. The fraction of sp³-hybridized carbons (Fsp3) is 0.917. The zero-order valence-electron chi connectivity index (χ0n) is 9.59. The predicted octanol–water partition coefficient (Wildman–Crippen LogP) is 2.83. The van der Waals surface area contributed by atoms with Crippen molar-refractivity contribution in [1.82, 2.24) is 4.90 Å². The van der Waals surface area contributed by atoms with E-state index < -0.39 is 0 Å². The van der Waals surface area contributed by atoms with Crippen molar-refractivity contribution in [2.45, 2.75) is 52.4 Å². The Kier molecular flexibility index (Phi) is 4.99. The highest BCUT2D eigenvalue weighted by Crippen LogP contribution is 2.22. The Morgan fingerprint density at radius 1 is 1.29 bits per heavy atom. The Labute approximate surface area is 87.7 Å². The summed E-state index contributed by atoms with van der Waals surface area (Å²) in [5, 5.41) is 0. The molecule has 1 heterocycles. The maximum absolute atomic E-state index is 11.1. The third-order valence-electron chi connectivity index (χ3n) is 3.28. The minimum atomic E-state index is 0.247. The summed E-state index contributed by atoms with van der Waals surface area (Å²) >= 11 is 0. The van der Waals surface area contributed by atoms with Crippen LogP contribution >= 0.6 is 0 Å². The SMILES string of the molecule is CCCCCC1CCN(C(C)=O)CC1. The Morgan fingerprint density at radius 3 is 2.43 bits per heavy atom. The lowest BCUT2D eigenvalue weighted by atomic mass is 9.91. The maximum Gasteiger partial charge on any atom is 0.219 e. The zero-order chi connectivity index (χ0) is 10.4. The monoisotopic (exact) mass is 197 g/mol. The molecule has 1 saturated heterocycles. The van der Waals surface area contributed by atoms with Crippen LogP contribution in [0.5, 0.6) is 0 Å². The zero-order valence-corrected chi connectivity index (χ0v) is 9.59. The second-order valence-electron chi connectivity index (χ2n) is 4.45. The van der Waals surface area contributed by atoms with Crippen molar-refractivity contribution in [2.75, 3.05) is 13.1 Å². The van der Waals surface area contributed by atoms with Gasteiger partial charge in [0, 0.05) is 20.0 Å². The fourth-order valence-electron chi connectivity index (χ4n) is 2.22. The maximum atomic E-state index is 11.1. The molecule has 0 saturated carbocycles. The van der Waals surface area contributed by atoms with Crippen LogP contribution in [-0.4, -0.2) is 23.9 Å². The highest BCUT2D eigenvalue weighted by atomic mass is 16.2. The molecule has 1 rings (SSSR count). The van der Waals surface area contributed by atoms with E-state index in [4.69, 9.17) is 0 Å². The van der Waals surface area contributed by atoms with Gasteiger partial charge >= 0.3 is 0 Å². The smallest absolute Gasteiger partial charge is 0.219 e. The van der Waals surface area contributed by atoms with Gasteiger partial charge in [-0.05, 0) is 18.8 Å². The number of carbonyl (C=O) groups is 1. The Bertz CT molecular complexity index is 171. The molecule has 0 radical (unpaired) electrons. The van der Waals surface area contributed by atoms with Gasteiger partial charge in [0.2, 0.25) is 5.91 Å². The van der Waals surface area contributed by atoms with Gasteiger partial charge in [-0.15, -0.1) is 0 Å². The predicted molar refractivity (Wildman–Crippen MR) is 59.1 cm³/mol. The van der Waals surface area contributed by atoms with Crippen LogP contribution in [0.3, 0.4) is 0 Å². The van der Waals surface area contributed by atoms with Crippen LogP contribution in [0.25, 0.3) is 0 Å². The van der Waals surface area contributed by atoms with Gasteiger partial charge in [-0.2, -0.15) is 0 Å². The van der Waals surface area contributed by atoms with Crippen LogP contribution in [0.4, 0.5) is 0 Å². The topological polar surface area (TPSA) is 20.3 Å². The molecule has 0 unspecified atom stereocenters. The molecule has 0 bridgehead atoms. The summed E-state index contributed by atoms with van der Waals surface area (Å²) < 4.78 is 0. The molecule has 82 valence electrons. The molecule has 0 N–H and O–H groups in total. The van der Waals surface area contributed by atoms with Crippen LogP contribution in [0.15, 0.2) is 0 Å². The number of hydrogen-bond donors (Lipinski definition) is 0. The van der Waals surface area contributed by atoms with Gasteiger partial charge in [-0.25, -0.2) is 0 Å². The minimum absolute atomic E-state index is 0.247. The summed E-state index contributed by atoms with van der Waals surface area (Å²) in [5.74, 6) is 1.13. The van der Waals surface area contributed by atoms with E-state index in [1.807, 2.05) is 4.90 Å². The standard InChI is InChI=1S/C12H23NO/c1-3-4-5-6-12-7-9-13(10-8-12)11(2)14/h12H,3-10H2,1-2H3. The molecule has 0 aromatic carbocycles. The van der Waals surface area contributed by atoms with E-state index in [9.17, 15) is 4.79 Å². The third kappa shape index (κ3) is 3.69. The number of nitrogens with zero attached hydrogens (tertiary/aromatic N) is 1. The summed E-state index contributed by atoms with van der Waals surface area (Å²) in [6.07, 6.45) is 7.88. The number of unbranched alkanes of at least 4 members (excludes halogenated alkanes) is 2. The first-order valence-electron chi connectivity index (χ1n) is 5.99. The lowest BCUT2D eigenvalue weighted by Crippen LogP contribution is -2.36. The van der Waals surface area contributed by atoms with Crippen LogP contribution in [0, 0.1) is 5.92 Å². The van der Waals surface area contributed by atoms with E-state index in [1.165, 1.54) is 38.5 Å². The second-order valence-corrected chi connectivity index (χ2v) is 4.45. The Morgan fingerprint density at radius 2 is 1.93 bits per heavy atom. The van der Waals surface area contributed by atoms with Crippen molar-refractivity contribution in [3.8, 4) is 0 Å². The number of carbonyl (C=O) groups excluding carboxylic acids is 1. The van der Waals surface area contributed by atoms with Crippen molar-refractivity contribution in [2.24, 2.45) is 5.92 Å². The summed E-state index contributed by atoms with van der Waals surface area (Å²) in [6, 6.07) is 0. The molecule has 14 heavy (non-hydrogen) atoms. The number of likely N-dealkylation sites (tertiary alicyclic amines) is 1. The van der Waals surface area contributed by atoms with Crippen molar-refractivity contribution < 1.29 is 4.79 Å². The third-order valence-corrected chi connectivity index (χ3v) is 3.28. The number of piperidine rings is 1. The molecule has 0 aromatic heterocycles. The number of rotatable bonds is 4. The summed E-state index contributed by atoms with van der Waals surface area (Å²) in [7, 11) is 0. The highest BCUT2D eigenvalue weighted by molar-refractivity contribution is 5.73. The van der Waals surface area contributed by atoms with Crippen molar-refractivity contribution in [3.63, 3.8) is 0 Å². The molecule has 1 aliphatic heterocycles. The molecule has 0 aromatic rings.